The molecule has 5 rings (SSSR count). The van der Waals surface area contributed by atoms with Crippen LogP contribution in [0.25, 0.3) is 0 Å². The van der Waals surface area contributed by atoms with Crippen molar-refractivity contribution < 1.29 is 33.8 Å². The van der Waals surface area contributed by atoms with E-state index in [0.717, 1.165) is 9.80 Å². The van der Waals surface area contributed by atoms with Gasteiger partial charge in [0.2, 0.25) is 0 Å². The summed E-state index contributed by atoms with van der Waals surface area (Å²) in [5.41, 5.74) is 0.970. The summed E-state index contributed by atoms with van der Waals surface area (Å²) in [5.74, 6) is -2.53. The summed E-state index contributed by atoms with van der Waals surface area (Å²) in [5, 5.41) is 10.9. The zero-order chi connectivity index (χ0) is 26.4. The highest BCUT2D eigenvalue weighted by molar-refractivity contribution is 6.30. The smallest absolute Gasteiger partial charge is 0.414 e. The molecule has 2 aliphatic rings. The molecule has 1 aliphatic carbocycles. The van der Waals surface area contributed by atoms with Crippen LogP contribution in [0.4, 0.5) is 10.5 Å². The Morgan fingerprint density at radius 2 is 1.57 bits per heavy atom. The molecule has 0 atom stereocenters. The van der Waals surface area contributed by atoms with Gasteiger partial charge in [-0.05, 0) is 42.0 Å². The molecule has 0 radical (unpaired) electrons. The highest BCUT2D eigenvalue weighted by Crippen LogP contribution is 2.39. The summed E-state index contributed by atoms with van der Waals surface area (Å²) in [6.45, 7) is 3.32. The maximum absolute atomic E-state index is 13.5. The SMILES string of the molecule is C=CCOC(=O)N(C)c1ccc2c(c1O)C(=O)c1cc(CN3C(=O)c4ccccc4C3=O)ccc1C2=O. The van der Waals surface area contributed by atoms with Crippen LogP contribution in [-0.2, 0) is 11.3 Å². The number of rotatable bonds is 5. The van der Waals surface area contributed by atoms with Crippen LogP contribution in [0.1, 0.15) is 58.1 Å². The summed E-state index contributed by atoms with van der Waals surface area (Å²) in [6.07, 6.45) is 0.602. The number of hydrogen-bond donors (Lipinski definition) is 1. The van der Waals surface area contributed by atoms with Crippen molar-refractivity contribution in [2.75, 3.05) is 18.6 Å². The van der Waals surface area contributed by atoms with E-state index in [4.69, 9.17) is 4.74 Å². The van der Waals surface area contributed by atoms with Gasteiger partial charge in [0.25, 0.3) is 11.8 Å². The number of benzene rings is 3. The lowest BCUT2D eigenvalue weighted by atomic mass is 9.82. The van der Waals surface area contributed by atoms with Crippen LogP contribution < -0.4 is 4.90 Å². The van der Waals surface area contributed by atoms with E-state index in [1.54, 1.807) is 30.3 Å². The Kier molecular flexibility index (Phi) is 5.68. The highest BCUT2D eigenvalue weighted by Gasteiger charge is 2.37. The second kappa shape index (κ2) is 8.87. The van der Waals surface area contributed by atoms with Crippen LogP contribution in [0, 0.1) is 0 Å². The zero-order valence-electron chi connectivity index (χ0n) is 19.7. The number of fused-ring (bicyclic) bond motifs is 3. The maximum atomic E-state index is 13.5. The summed E-state index contributed by atoms with van der Waals surface area (Å²) in [4.78, 5) is 66.5. The minimum absolute atomic E-state index is 0.000271. The Morgan fingerprint density at radius 3 is 2.22 bits per heavy atom. The lowest BCUT2D eigenvalue weighted by Crippen LogP contribution is -2.30. The van der Waals surface area contributed by atoms with E-state index in [0.29, 0.717) is 16.7 Å². The standard InChI is InChI=1S/C28H20N2O7/c1-3-12-37-28(36)29(2)21-11-10-19-22(25(21)33)24(32)20-13-15(8-9-16(20)23(19)31)14-30-26(34)17-6-4-5-7-18(17)27(30)35/h3-11,13,33H,1,12,14H2,2H3. The molecule has 3 aromatic carbocycles. The highest BCUT2D eigenvalue weighted by atomic mass is 16.6. The van der Waals surface area contributed by atoms with Gasteiger partial charge in [0.1, 0.15) is 6.61 Å². The van der Waals surface area contributed by atoms with Crippen molar-refractivity contribution in [1.82, 2.24) is 4.90 Å². The molecule has 1 heterocycles. The third-order valence-corrected chi connectivity index (χ3v) is 6.38. The van der Waals surface area contributed by atoms with E-state index in [1.807, 2.05) is 0 Å². The quantitative estimate of drug-likeness (QED) is 0.330. The van der Waals surface area contributed by atoms with E-state index in [-0.39, 0.29) is 41.1 Å². The fourth-order valence-corrected chi connectivity index (χ4v) is 4.52. The zero-order valence-corrected chi connectivity index (χ0v) is 19.7. The van der Waals surface area contributed by atoms with Crippen molar-refractivity contribution in [3.05, 3.63) is 106 Å². The predicted octanol–water partition coefficient (Wildman–Crippen LogP) is 3.72. The van der Waals surface area contributed by atoms with E-state index < -0.39 is 35.2 Å². The van der Waals surface area contributed by atoms with Gasteiger partial charge < -0.3 is 9.84 Å². The fraction of sp³-hybridized carbons (Fsp3) is 0.107. The third kappa shape index (κ3) is 3.68. The summed E-state index contributed by atoms with van der Waals surface area (Å²) in [7, 11) is 1.36. The van der Waals surface area contributed by atoms with Gasteiger partial charge in [0.15, 0.2) is 17.3 Å². The minimum atomic E-state index is -0.784. The lowest BCUT2D eigenvalue weighted by Gasteiger charge is -2.24. The molecule has 1 aliphatic heterocycles. The number of carbonyl (C=O) groups excluding carboxylic acids is 5. The normalized spacial score (nSPS) is 13.7. The molecule has 0 spiro atoms. The van der Waals surface area contributed by atoms with E-state index >= 15 is 0 Å². The van der Waals surface area contributed by atoms with Gasteiger partial charge >= 0.3 is 6.09 Å². The first-order valence-corrected chi connectivity index (χ1v) is 11.3. The predicted molar refractivity (Wildman–Crippen MR) is 132 cm³/mol. The van der Waals surface area contributed by atoms with Crippen molar-refractivity contribution in [3.8, 4) is 5.75 Å². The van der Waals surface area contributed by atoms with Crippen molar-refractivity contribution >= 4 is 35.2 Å². The monoisotopic (exact) mass is 496 g/mol. The fourth-order valence-electron chi connectivity index (χ4n) is 4.52. The molecule has 37 heavy (non-hydrogen) atoms. The van der Waals surface area contributed by atoms with Gasteiger partial charge in [0.05, 0.1) is 28.9 Å². The molecule has 0 aromatic heterocycles. The molecule has 3 aromatic rings. The average Bonchev–Trinajstić information content (AvgIpc) is 3.14. The Morgan fingerprint density at radius 1 is 0.919 bits per heavy atom. The summed E-state index contributed by atoms with van der Waals surface area (Å²) >= 11 is 0. The number of imide groups is 1. The second-order valence-corrected chi connectivity index (χ2v) is 8.56. The number of phenols is 1. The van der Waals surface area contributed by atoms with Crippen LogP contribution in [0.15, 0.2) is 67.3 Å². The largest absolute Gasteiger partial charge is 0.505 e. The van der Waals surface area contributed by atoms with Crippen LogP contribution in [0.2, 0.25) is 0 Å². The van der Waals surface area contributed by atoms with Gasteiger partial charge in [-0.1, -0.05) is 30.9 Å². The Balaban J connectivity index is 1.48. The molecular formula is C28H20N2O7. The number of amides is 3. The molecule has 0 bridgehead atoms. The first-order chi connectivity index (χ1) is 17.7. The molecule has 184 valence electrons. The van der Waals surface area contributed by atoms with Crippen molar-refractivity contribution in [1.29, 1.82) is 0 Å². The second-order valence-electron chi connectivity index (χ2n) is 8.56. The topological polar surface area (TPSA) is 121 Å². The Hall–Kier alpha value is -5.05. The first kappa shape index (κ1) is 23.7. The molecule has 0 saturated carbocycles. The molecule has 1 N–H and O–H groups in total. The van der Waals surface area contributed by atoms with E-state index in [2.05, 4.69) is 6.58 Å². The van der Waals surface area contributed by atoms with E-state index in [1.165, 1.54) is 37.4 Å². The number of carbonyl (C=O) groups is 5. The average molecular weight is 496 g/mol. The van der Waals surface area contributed by atoms with Gasteiger partial charge in [0, 0.05) is 23.7 Å². The Labute approximate surface area is 211 Å². The number of aromatic hydroxyl groups is 1. The number of phenolic OH excluding ortho intramolecular Hbond substituents is 1. The van der Waals surface area contributed by atoms with Gasteiger partial charge in [-0.2, -0.15) is 0 Å². The van der Waals surface area contributed by atoms with Crippen LogP contribution >= 0.6 is 0 Å². The molecule has 0 unspecified atom stereocenters. The molecule has 9 heteroatoms. The molecule has 3 amide bonds. The molecular weight excluding hydrogens is 476 g/mol. The lowest BCUT2D eigenvalue weighted by molar-refractivity contribution is 0.0641. The van der Waals surface area contributed by atoms with Crippen molar-refractivity contribution in [2.24, 2.45) is 0 Å². The summed E-state index contributed by atoms with van der Waals surface area (Å²) in [6, 6.07) is 13.7. The van der Waals surface area contributed by atoms with Gasteiger partial charge in [-0.3, -0.25) is 29.0 Å². The van der Waals surface area contributed by atoms with Crippen molar-refractivity contribution in [2.45, 2.75) is 6.54 Å². The minimum Gasteiger partial charge on any atom is -0.505 e. The molecule has 0 saturated heterocycles. The number of hydrogen-bond acceptors (Lipinski definition) is 7. The van der Waals surface area contributed by atoms with Crippen LogP contribution in [-0.4, -0.2) is 53.1 Å². The number of nitrogens with zero attached hydrogens (tertiary/aromatic N) is 2. The Bertz CT molecular complexity index is 1520. The van der Waals surface area contributed by atoms with Crippen molar-refractivity contribution in [3.63, 3.8) is 0 Å². The van der Waals surface area contributed by atoms with E-state index in [9.17, 15) is 29.1 Å². The van der Waals surface area contributed by atoms with Gasteiger partial charge in [-0.15, -0.1) is 0 Å². The maximum Gasteiger partial charge on any atom is 0.414 e. The summed E-state index contributed by atoms with van der Waals surface area (Å²) < 4.78 is 4.98. The van der Waals surface area contributed by atoms with Gasteiger partial charge in [-0.25, -0.2) is 4.79 Å². The van der Waals surface area contributed by atoms with Crippen LogP contribution in [0.5, 0.6) is 5.75 Å². The first-order valence-electron chi connectivity index (χ1n) is 11.3. The number of anilines is 1. The third-order valence-electron chi connectivity index (χ3n) is 6.38. The molecule has 9 nitrogen and oxygen atoms in total. The number of ketones is 2. The van der Waals surface area contributed by atoms with Crippen LogP contribution in [0.3, 0.4) is 0 Å². The number of ether oxygens (including phenoxy) is 1. The molecule has 0 fully saturated rings.